The average Bonchev–Trinajstić information content (AvgIpc) is 2.59. The maximum Gasteiger partial charge on any atom is 0.313 e. The van der Waals surface area contributed by atoms with Gasteiger partial charge < -0.3 is 9.47 Å². The third-order valence-electron chi connectivity index (χ3n) is 3.43. The second-order valence-electron chi connectivity index (χ2n) is 4.97. The first-order chi connectivity index (χ1) is 8.81. The van der Waals surface area contributed by atoms with Gasteiger partial charge in [0, 0.05) is 19.6 Å². The van der Waals surface area contributed by atoms with Gasteiger partial charge in [-0.15, -0.1) is 0 Å². The van der Waals surface area contributed by atoms with Crippen LogP contribution in [0.1, 0.15) is 5.56 Å². The lowest BCUT2D eigenvalue weighted by atomic mass is 10.1. The quantitative estimate of drug-likeness (QED) is 0.733. The molecule has 2 saturated heterocycles. The predicted octanol–water partition coefficient (Wildman–Crippen LogP) is 1.06. The van der Waals surface area contributed by atoms with Gasteiger partial charge in [-0.3, -0.25) is 9.69 Å². The molecule has 4 nitrogen and oxygen atoms in total. The third-order valence-corrected chi connectivity index (χ3v) is 3.43. The highest BCUT2D eigenvalue weighted by atomic mass is 16.6. The van der Waals surface area contributed by atoms with Gasteiger partial charge in [0.05, 0.1) is 19.1 Å². The van der Waals surface area contributed by atoms with Gasteiger partial charge >= 0.3 is 5.97 Å². The van der Waals surface area contributed by atoms with Crippen molar-refractivity contribution in [2.75, 3.05) is 26.3 Å². The molecule has 0 spiro atoms. The summed E-state index contributed by atoms with van der Waals surface area (Å²) < 4.78 is 10.9. The minimum atomic E-state index is -0.138. The van der Waals surface area contributed by atoms with Crippen LogP contribution in [-0.4, -0.2) is 43.3 Å². The Morgan fingerprint density at radius 1 is 1.17 bits per heavy atom. The van der Waals surface area contributed by atoms with E-state index in [9.17, 15) is 4.79 Å². The Bertz CT molecular complexity index is 420. The number of benzene rings is 1. The van der Waals surface area contributed by atoms with Crippen LogP contribution in [0.5, 0.6) is 0 Å². The molecule has 1 aromatic rings. The molecule has 2 atom stereocenters. The molecule has 96 valence electrons. The van der Waals surface area contributed by atoms with Gasteiger partial charge in [-0.1, -0.05) is 30.3 Å². The van der Waals surface area contributed by atoms with Gasteiger partial charge in [0.25, 0.3) is 0 Å². The van der Waals surface area contributed by atoms with Crippen LogP contribution in [0, 0.1) is 5.92 Å². The number of carbonyl (C=O) groups is 1. The first kappa shape index (κ1) is 11.7. The largest absolute Gasteiger partial charge is 0.458 e. The molecule has 3 rings (SSSR count). The molecule has 0 aliphatic carbocycles. The minimum Gasteiger partial charge on any atom is -0.458 e. The van der Waals surface area contributed by atoms with E-state index in [2.05, 4.69) is 17.0 Å². The molecule has 0 radical (unpaired) electrons. The topological polar surface area (TPSA) is 38.8 Å². The van der Waals surface area contributed by atoms with Crippen molar-refractivity contribution in [2.45, 2.75) is 12.6 Å². The monoisotopic (exact) mass is 247 g/mol. The van der Waals surface area contributed by atoms with Crippen molar-refractivity contribution in [1.82, 2.24) is 4.90 Å². The van der Waals surface area contributed by atoms with Gasteiger partial charge in [0.2, 0.25) is 0 Å². The van der Waals surface area contributed by atoms with Crippen LogP contribution < -0.4 is 0 Å². The fourth-order valence-electron chi connectivity index (χ4n) is 2.57. The molecule has 0 aromatic heterocycles. The Kier molecular flexibility index (Phi) is 3.30. The number of fused-ring (bicyclic) bond motifs is 3. The molecular weight excluding hydrogens is 230 g/mol. The molecule has 0 amide bonds. The maximum absolute atomic E-state index is 11.8. The molecular formula is C14H17NO3. The number of carbonyl (C=O) groups excluding carboxylic acids is 1. The molecule has 2 aliphatic rings. The molecule has 4 heteroatoms. The van der Waals surface area contributed by atoms with E-state index in [0.29, 0.717) is 13.2 Å². The van der Waals surface area contributed by atoms with Gasteiger partial charge in [0.1, 0.15) is 6.10 Å². The molecule has 0 saturated carbocycles. The highest BCUT2D eigenvalue weighted by Gasteiger charge is 2.34. The van der Waals surface area contributed by atoms with Crippen molar-refractivity contribution in [3.63, 3.8) is 0 Å². The number of ether oxygens (including phenoxy) is 2. The Morgan fingerprint density at radius 2 is 2.00 bits per heavy atom. The summed E-state index contributed by atoms with van der Waals surface area (Å²) in [4.78, 5) is 14.1. The van der Waals surface area contributed by atoms with Crippen molar-refractivity contribution >= 4 is 5.97 Å². The zero-order chi connectivity index (χ0) is 12.4. The Morgan fingerprint density at radius 3 is 2.83 bits per heavy atom. The molecule has 2 fully saturated rings. The van der Waals surface area contributed by atoms with E-state index in [1.807, 2.05) is 18.2 Å². The van der Waals surface area contributed by atoms with E-state index in [1.165, 1.54) is 5.56 Å². The number of hydrogen-bond acceptors (Lipinski definition) is 4. The van der Waals surface area contributed by atoms with Crippen molar-refractivity contribution < 1.29 is 14.3 Å². The highest BCUT2D eigenvalue weighted by Crippen LogP contribution is 2.19. The summed E-state index contributed by atoms with van der Waals surface area (Å²) in [5, 5.41) is 0. The van der Waals surface area contributed by atoms with Crippen LogP contribution in [0.3, 0.4) is 0 Å². The van der Waals surface area contributed by atoms with Crippen LogP contribution in [0.4, 0.5) is 0 Å². The van der Waals surface area contributed by atoms with E-state index in [1.54, 1.807) is 0 Å². The van der Waals surface area contributed by atoms with Crippen molar-refractivity contribution in [3.8, 4) is 0 Å². The van der Waals surface area contributed by atoms with E-state index in [4.69, 9.17) is 9.47 Å². The predicted molar refractivity (Wildman–Crippen MR) is 65.9 cm³/mol. The second-order valence-corrected chi connectivity index (χ2v) is 4.97. The Balaban J connectivity index is 1.72. The Labute approximate surface area is 106 Å². The molecule has 0 unspecified atom stereocenters. The van der Waals surface area contributed by atoms with Crippen molar-refractivity contribution in [2.24, 2.45) is 5.92 Å². The van der Waals surface area contributed by atoms with Crippen LogP contribution in [0.15, 0.2) is 30.3 Å². The maximum atomic E-state index is 11.8. The molecule has 1 aromatic carbocycles. The minimum absolute atomic E-state index is 0.104. The lowest BCUT2D eigenvalue weighted by Crippen LogP contribution is -2.38. The first-order valence-electron chi connectivity index (χ1n) is 6.36. The van der Waals surface area contributed by atoms with Gasteiger partial charge in [-0.25, -0.2) is 0 Å². The number of hydrogen-bond donors (Lipinski definition) is 0. The summed E-state index contributed by atoms with van der Waals surface area (Å²) in [6, 6.07) is 10.3. The van der Waals surface area contributed by atoms with Gasteiger partial charge in [-0.2, -0.15) is 0 Å². The summed E-state index contributed by atoms with van der Waals surface area (Å²) >= 11 is 0. The Hall–Kier alpha value is -1.39. The standard InChI is InChI=1S/C14H17NO3/c16-14-12-7-15(6-11-4-2-1-3-5-11)8-13(18-14)10-17-9-12/h1-5,12-13H,6-10H2/t12-,13+/m0/s1. The van der Waals surface area contributed by atoms with E-state index in [0.717, 1.165) is 19.6 Å². The number of rotatable bonds is 2. The lowest BCUT2D eigenvalue weighted by Gasteiger charge is -2.26. The van der Waals surface area contributed by atoms with E-state index in [-0.39, 0.29) is 18.0 Å². The zero-order valence-corrected chi connectivity index (χ0v) is 10.2. The summed E-state index contributed by atoms with van der Waals surface area (Å²) in [6.45, 7) is 3.36. The lowest BCUT2D eigenvalue weighted by molar-refractivity contribution is -0.149. The molecule has 0 N–H and O–H groups in total. The number of esters is 1. The third kappa shape index (κ3) is 2.54. The summed E-state index contributed by atoms with van der Waals surface area (Å²) in [5.74, 6) is -0.241. The van der Waals surface area contributed by atoms with E-state index >= 15 is 0 Å². The van der Waals surface area contributed by atoms with Crippen LogP contribution in [0.2, 0.25) is 0 Å². The SMILES string of the molecule is O=C1O[C@H]2COC[C@@H]1CN(Cc1ccccc1)C2. The van der Waals surface area contributed by atoms with Gasteiger partial charge in [0.15, 0.2) is 0 Å². The van der Waals surface area contributed by atoms with Crippen LogP contribution >= 0.6 is 0 Å². The molecule has 18 heavy (non-hydrogen) atoms. The van der Waals surface area contributed by atoms with Crippen LogP contribution in [-0.2, 0) is 20.8 Å². The fraction of sp³-hybridized carbons (Fsp3) is 0.500. The summed E-state index contributed by atoms with van der Waals surface area (Å²) in [7, 11) is 0. The summed E-state index contributed by atoms with van der Waals surface area (Å²) in [5.41, 5.74) is 1.27. The smallest absolute Gasteiger partial charge is 0.313 e. The van der Waals surface area contributed by atoms with Gasteiger partial charge in [-0.05, 0) is 5.56 Å². The van der Waals surface area contributed by atoms with E-state index < -0.39 is 0 Å². The van der Waals surface area contributed by atoms with Crippen LogP contribution in [0.25, 0.3) is 0 Å². The highest BCUT2D eigenvalue weighted by molar-refractivity contribution is 5.73. The fourth-order valence-corrected chi connectivity index (χ4v) is 2.57. The van der Waals surface area contributed by atoms with Crippen molar-refractivity contribution in [1.29, 1.82) is 0 Å². The number of nitrogens with zero attached hydrogens (tertiary/aromatic N) is 1. The summed E-state index contributed by atoms with van der Waals surface area (Å²) in [6.07, 6.45) is -0.117. The first-order valence-corrected chi connectivity index (χ1v) is 6.36. The zero-order valence-electron chi connectivity index (χ0n) is 10.2. The van der Waals surface area contributed by atoms with Crippen molar-refractivity contribution in [3.05, 3.63) is 35.9 Å². The second kappa shape index (κ2) is 5.08. The molecule has 2 aliphatic heterocycles. The average molecular weight is 247 g/mol. The normalized spacial score (nSPS) is 28.6. The molecule has 2 bridgehead atoms. The molecule has 2 heterocycles.